The molecule has 0 saturated heterocycles. The van der Waals surface area contributed by atoms with Crippen molar-refractivity contribution in [1.82, 2.24) is 5.32 Å². The van der Waals surface area contributed by atoms with Crippen LogP contribution in [0.3, 0.4) is 0 Å². The van der Waals surface area contributed by atoms with Gasteiger partial charge in [0.2, 0.25) is 0 Å². The monoisotopic (exact) mass is 325 g/mol. The molecular weight excluding hydrogens is 302 g/mol. The van der Waals surface area contributed by atoms with Gasteiger partial charge in [0.05, 0.1) is 12.1 Å². The SMILES string of the molecule is CC(CO)(NC1CCCCCC1)c1cccc(Br)c1. The van der Waals surface area contributed by atoms with Crippen molar-refractivity contribution in [1.29, 1.82) is 0 Å². The molecule has 0 radical (unpaired) electrons. The van der Waals surface area contributed by atoms with Gasteiger partial charge in [-0.15, -0.1) is 0 Å². The van der Waals surface area contributed by atoms with Gasteiger partial charge in [-0.25, -0.2) is 0 Å². The van der Waals surface area contributed by atoms with Gasteiger partial charge in [0.1, 0.15) is 0 Å². The smallest absolute Gasteiger partial charge is 0.0652 e. The van der Waals surface area contributed by atoms with E-state index in [1.807, 2.05) is 12.1 Å². The van der Waals surface area contributed by atoms with Crippen molar-refractivity contribution < 1.29 is 5.11 Å². The first-order valence-electron chi connectivity index (χ1n) is 7.29. The van der Waals surface area contributed by atoms with Crippen LogP contribution in [0.15, 0.2) is 28.7 Å². The van der Waals surface area contributed by atoms with Crippen LogP contribution in [0.1, 0.15) is 51.0 Å². The lowest BCUT2D eigenvalue weighted by molar-refractivity contribution is 0.157. The number of benzene rings is 1. The quantitative estimate of drug-likeness (QED) is 0.821. The molecule has 1 aliphatic rings. The van der Waals surface area contributed by atoms with Crippen LogP contribution in [0.5, 0.6) is 0 Å². The Balaban J connectivity index is 2.12. The molecule has 106 valence electrons. The molecule has 1 aliphatic carbocycles. The number of halogens is 1. The lowest BCUT2D eigenvalue weighted by Gasteiger charge is -2.34. The molecule has 1 unspecified atom stereocenters. The van der Waals surface area contributed by atoms with Gasteiger partial charge in [0.15, 0.2) is 0 Å². The molecule has 19 heavy (non-hydrogen) atoms. The molecule has 0 aromatic heterocycles. The summed E-state index contributed by atoms with van der Waals surface area (Å²) in [5.41, 5.74) is 0.798. The second-order valence-electron chi connectivity index (χ2n) is 5.83. The Bertz CT molecular complexity index is 401. The molecule has 1 saturated carbocycles. The average molecular weight is 326 g/mol. The third-order valence-corrected chi connectivity index (χ3v) is 4.65. The van der Waals surface area contributed by atoms with Gasteiger partial charge in [-0.1, -0.05) is 53.7 Å². The first-order valence-corrected chi connectivity index (χ1v) is 8.08. The molecule has 0 heterocycles. The minimum Gasteiger partial charge on any atom is -0.394 e. The van der Waals surface area contributed by atoms with Gasteiger partial charge in [-0.05, 0) is 37.5 Å². The maximum Gasteiger partial charge on any atom is 0.0652 e. The molecular formula is C16H24BrNO. The summed E-state index contributed by atoms with van der Waals surface area (Å²) in [5.74, 6) is 0. The Morgan fingerprint density at radius 3 is 2.53 bits per heavy atom. The van der Waals surface area contributed by atoms with E-state index in [9.17, 15) is 5.11 Å². The standard InChI is InChI=1S/C16H24BrNO/c1-16(12-19,13-7-6-8-14(17)11-13)18-15-9-4-2-3-5-10-15/h6-8,11,15,18-19H,2-5,9-10,12H2,1H3. The van der Waals surface area contributed by atoms with Crippen molar-refractivity contribution in [2.75, 3.05) is 6.61 Å². The van der Waals surface area contributed by atoms with Crippen LogP contribution >= 0.6 is 15.9 Å². The molecule has 1 aromatic rings. The van der Waals surface area contributed by atoms with Gasteiger partial charge < -0.3 is 10.4 Å². The number of nitrogens with one attached hydrogen (secondary N) is 1. The second kappa shape index (κ2) is 6.87. The number of rotatable bonds is 4. The summed E-state index contributed by atoms with van der Waals surface area (Å²) in [6.45, 7) is 2.22. The highest BCUT2D eigenvalue weighted by Crippen LogP contribution is 2.27. The van der Waals surface area contributed by atoms with E-state index >= 15 is 0 Å². The zero-order valence-electron chi connectivity index (χ0n) is 11.7. The zero-order chi connectivity index (χ0) is 13.7. The van der Waals surface area contributed by atoms with Crippen LogP contribution in [0.25, 0.3) is 0 Å². The highest BCUT2D eigenvalue weighted by atomic mass is 79.9. The minimum absolute atomic E-state index is 0.125. The van der Waals surface area contributed by atoms with Crippen LogP contribution in [-0.4, -0.2) is 17.8 Å². The lowest BCUT2D eigenvalue weighted by atomic mass is 9.91. The molecule has 0 amide bonds. The van der Waals surface area contributed by atoms with Crippen LogP contribution < -0.4 is 5.32 Å². The molecule has 2 N–H and O–H groups in total. The van der Waals surface area contributed by atoms with E-state index < -0.39 is 0 Å². The topological polar surface area (TPSA) is 32.3 Å². The molecule has 0 spiro atoms. The summed E-state index contributed by atoms with van der Waals surface area (Å²) in [6, 6.07) is 8.76. The highest BCUT2D eigenvalue weighted by Gasteiger charge is 2.29. The van der Waals surface area contributed by atoms with Gasteiger partial charge in [-0.3, -0.25) is 0 Å². The molecule has 0 aliphatic heterocycles. The highest BCUT2D eigenvalue weighted by molar-refractivity contribution is 9.10. The van der Waals surface area contributed by atoms with Crippen molar-refractivity contribution >= 4 is 15.9 Å². The van der Waals surface area contributed by atoms with E-state index in [1.165, 1.54) is 38.5 Å². The minimum atomic E-state index is -0.348. The largest absolute Gasteiger partial charge is 0.394 e. The third-order valence-electron chi connectivity index (χ3n) is 4.16. The van der Waals surface area contributed by atoms with E-state index in [0.717, 1.165) is 10.0 Å². The first-order chi connectivity index (χ1) is 9.14. The maximum absolute atomic E-state index is 9.85. The van der Waals surface area contributed by atoms with Crippen molar-refractivity contribution in [3.63, 3.8) is 0 Å². The summed E-state index contributed by atoms with van der Waals surface area (Å²) in [6.07, 6.45) is 7.76. The van der Waals surface area contributed by atoms with Crippen molar-refractivity contribution in [2.24, 2.45) is 0 Å². The van der Waals surface area contributed by atoms with Crippen molar-refractivity contribution in [3.05, 3.63) is 34.3 Å². The fourth-order valence-electron chi connectivity index (χ4n) is 2.93. The van der Waals surface area contributed by atoms with Gasteiger partial charge in [0, 0.05) is 10.5 Å². The number of aliphatic hydroxyl groups is 1. The van der Waals surface area contributed by atoms with Crippen molar-refractivity contribution in [3.8, 4) is 0 Å². The van der Waals surface area contributed by atoms with Crippen LogP contribution in [0.2, 0.25) is 0 Å². The van der Waals surface area contributed by atoms with E-state index in [4.69, 9.17) is 0 Å². The molecule has 2 nitrogen and oxygen atoms in total. The third kappa shape index (κ3) is 4.04. The maximum atomic E-state index is 9.85. The molecule has 2 rings (SSSR count). The van der Waals surface area contributed by atoms with Crippen LogP contribution in [-0.2, 0) is 5.54 Å². The predicted molar refractivity (Wildman–Crippen MR) is 83.2 cm³/mol. The predicted octanol–water partition coefficient (Wildman–Crippen LogP) is 3.97. The first kappa shape index (κ1) is 15.0. The lowest BCUT2D eigenvalue weighted by Crippen LogP contribution is -2.48. The van der Waals surface area contributed by atoms with E-state index in [-0.39, 0.29) is 12.1 Å². The van der Waals surface area contributed by atoms with E-state index in [1.54, 1.807) is 0 Å². The van der Waals surface area contributed by atoms with Gasteiger partial charge >= 0.3 is 0 Å². The summed E-state index contributed by atoms with van der Waals surface area (Å²) < 4.78 is 1.06. The number of hydrogen-bond acceptors (Lipinski definition) is 2. The molecule has 1 aromatic carbocycles. The van der Waals surface area contributed by atoms with Crippen LogP contribution in [0.4, 0.5) is 0 Å². The van der Waals surface area contributed by atoms with E-state index in [0.29, 0.717) is 6.04 Å². The Morgan fingerprint density at radius 2 is 1.95 bits per heavy atom. The van der Waals surface area contributed by atoms with Crippen LogP contribution in [0, 0.1) is 0 Å². The summed E-state index contributed by atoms with van der Waals surface area (Å²) in [4.78, 5) is 0. The molecule has 1 fully saturated rings. The Labute approximate surface area is 124 Å². The fraction of sp³-hybridized carbons (Fsp3) is 0.625. The normalized spacial score (nSPS) is 20.8. The zero-order valence-corrected chi connectivity index (χ0v) is 13.2. The summed E-state index contributed by atoms with van der Waals surface area (Å²) in [5, 5.41) is 13.5. The fourth-order valence-corrected chi connectivity index (χ4v) is 3.33. The van der Waals surface area contributed by atoms with E-state index in [2.05, 4.69) is 40.3 Å². The Hall–Kier alpha value is -0.380. The van der Waals surface area contributed by atoms with Gasteiger partial charge in [-0.2, -0.15) is 0 Å². The summed E-state index contributed by atoms with van der Waals surface area (Å²) in [7, 11) is 0. The van der Waals surface area contributed by atoms with Gasteiger partial charge in [0.25, 0.3) is 0 Å². The number of hydrogen-bond donors (Lipinski definition) is 2. The average Bonchev–Trinajstić information content (AvgIpc) is 2.67. The summed E-state index contributed by atoms with van der Waals surface area (Å²) >= 11 is 3.51. The molecule has 0 bridgehead atoms. The second-order valence-corrected chi connectivity index (χ2v) is 6.75. The Kier molecular flexibility index (Phi) is 5.43. The molecule has 1 atom stereocenters. The molecule has 3 heteroatoms. The Morgan fingerprint density at radius 1 is 1.26 bits per heavy atom. The van der Waals surface area contributed by atoms with Crippen molar-refractivity contribution in [2.45, 2.75) is 57.0 Å². The number of aliphatic hydroxyl groups excluding tert-OH is 1.